The second-order valence-electron chi connectivity index (χ2n) is 3.25. The summed E-state index contributed by atoms with van der Waals surface area (Å²) in [6.45, 7) is 0. The molecule has 0 aliphatic rings. The van der Waals surface area contributed by atoms with Crippen molar-refractivity contribution in [2.75, 3.05) is 14.2 Å². The summed E-state index contributed by atoms with van der Waals surface area (Å²) in [5, 5.41) is 0. The third kappa shape index (κ3) is 3.04. The monoisotopic (exact) mass is 313 g/mol. The van der Waals surface area contributed by atoms with Gasteiger partial charge in [-0.1, -0.05) is 15.9 Å². The predicted molar refractivity (Wildman–Crippen MR) is 60.2 cm³/mol. The van der Waals surface area contributed by atoms with E-state index in [-0.39, 0.29) is 17.1 Å². The van der Waals surface area contributed by atoms with Crippen LogP contribution in [0.15, 0.2) is 16.6 Å². The number of benzene rings is 1. The van der Waals surface area contributed by atoms with Crippen LogP contribution in [0.2, 0.25) is 0 Å². The van der Waals surface area contributed by atoms with Crippen molar-refractivity contribution in [2.45, 2.75) is 12.2 Å². The average molecular weight is 314 g/mol. The first kappa shape index (κ1) is 14.1. The van der Waals surface area contributed by atoms with E-state index in [1.165, 1.54) is 26.4 Å². The van der Waals surface area contributed by atoms with Crippen LogP contribution in [0.5, 0.6) is 11.5 Å². The molecule has 0 aliphatic heterocycles. The maximum absolute atomic E-state index is 12.6. The second kappa shape index (κ2) is 5.14. The van der Waals surface area contributed by atoms with Gasteiger partial charge in [0.2, 0.25) is 0 Å². The van der Waals surface area contributed by atoms with Gasteiger partial charge in [-0.05, 0) is 12.1 Å². The molecule has 0 aliphatic carbocycles. The fourth-order valence-corrected chi connectivity index (χ4v) is 1.82. The molecular weight excluding hydrogens is 303 g/mol. The van der Waals surface area contributed by atoms with Gasteiger partial charge in [-0.2, -0.15) is 13.2 Å². The SMILES string of the molecule is COc1cc(Br)cc([C@@H](N)C(F)(F)F)c1OC. The zero-order valence-electron chi connectivity index (χ0n) is 9.14. The van der Waals surface area contributed by atoms with Crippen LogP contribution in [0.1, 0.15) is 11.6 Å². The van der Waals surface area contributed by atoms with Crippen molar-refractivity contribution in [3.05, 3.63) is 22.2 Å². The number of methoxy groups -OCH3 is 2. The van der Waals surface area contributed by atoms with Crippen molar-refractivity contribution in [3.63, 3.8) is 0 Å². The van der Waals surface area contributed by atoms with Crippen LogP contribution in [-0.2, 0) is 0 Å². The molecule has 0 saturated carbocycles. The number of alkyl halides is 3. The van der Waals surface area contributed by atoms with Gasteiger partial charge < -0.3 is 15.2 Å². The molecule has 0 fully saturated rings. The van der Waals surface area contributed by atoms with E-state index in [2.05, 4.69) is 15.9 Å². The highest BCUT2D eigenvalue weighted by atomic mass is 79.9. The third-order valence-electron chi connectivity index (χ3n) is 2.16. The lowest BCUT2D eigenvalue weighted by Gasteiger charge is -2.20. The first-order valence-corrected chi connectivity index (χ1v) is 5.34. The number of nitrogens with two attached hydrogens (primary N) is 1. The fourth-order valence-electron chi connectivity index (χ4n) is 1.37. The number of hydrogen-bond acceptors (Lipinski definition) is 3. The molecule has 1 aromatic rings. The van der Waals surface area contributed by atoms with E-state index in [4.69, 9.17) is 15.2 Å². The Morgan fingerprint density at radius 3 is 2.24 bits per heavy atom. The van der Waals surface area contributed by atoms with Gasteiger partial charge in [-0.3, -0.25) is 0 Å². The Morgan fingerprint density at radius 2 is 1.82 bits per heavy atom. The number of hydrogen-bond donors (Lipinski definition) is 1. The zero-order chi connectivity index (χ0) is 13.2. The molecule has 1 rings (SSSR count). The standard InChI is InChI=1S/C10H11BrF3NO2/c1-16-7-4-5(11)3-6(8(7)17-2)9(15)10(12,13)14/h3-4,9H,15H2,1-2H3/t9-/m1/s1. The minimum Gasteiger partial charge on any atom is -0.493 e. The molecule has 0 radical (unpaired) electrons. The number of ether oxygens (including phenoxy) is 2. The summed E-state index contributed by atoms with van der Waals surface area (Å²) in [6.07, 6.45) is -4.54. The first-order valence-electron chi connectivity index (χ1n) is 4.55. The van der Waals surface area contributed by atoms with E-state index in [9.17, 15) is 13.2 Å². The van der Waals surface area contributed by atoms with Crippen molar-refractivity contribution < 1.29 is 22.6 Å². The van der Waals surface area contributed by atoms with Crippen molar-refractivity contribution in [2.24, 2.45) is 5.73 Å². The number of rotatable bonds is 3. The normalized spacial score (nSPS) is 13.4. The molecule has 17 heavy (non-hydrogen) atoms. The van der Waals surface area contributed by atoms with Gasteiger partial charge in [0.1, 0.15) is 6.04 Å². The highest BCUT2D eigenvalue weighted by molar-refractivity contribution is 9.10. The molecule has 2 N–H and O–H groups in total. The van der Waals surface area contributed by atoms with Gasteiger partial charge >= 0.3 is 6.18 Å². The molecule has 7 heteroatoms. The molecule has 0 unspecified atom stereocenters. The van der Waals surface area contributed by atoms with Crippen LogP contribution in [0.25, 0.3) is 0 Å². The van der Waals surface area contributed by atoms with Gasteiger partial charge in [-0.25, -0.2) is 0 Å². The summed E-state index contributed by atoms with van der Waals surface area (Å²) < 4.78 is 48.0. The molecule has 0 spiro atoms. The summed E-state index contributed by atoms with van der Waals surface area (Å²) in [7, 11) is 2.60. The van der Waals surface area contributed by atoms with E-state index >= 15 is 0 Å². The predicted octanol–water partition coefficient (Wildman–Crippen LogP) is 3.03. The summed E-state index contributed by atoms with van der Waals surface area (Å²) in [5.74, 6) is 0.178. The van der Waals surface area contributed by atoms with E-state index in [1.54, 1.807) is 0 Å². The molecule has 1 aromatic carbocycles. The van der Waals surface area contributed by atoms with Crippen molar-refractivity contribution in [3.8, 4) is 11.5 Å². The third-order valence-corrected chi connectivity index (χ3v) is 2.62. The molecule has 0 heterocycles. The quantitative estimate of drug-likeness (QED) is 0.933. The fraction of sp³-hybridized carbons (Fsp3) is 0.400. The smallest absolute Gasteiger partial charge is 0.407 e. The van der Waals surface area contributed by atoms with Crippen LogP contribution in [0.4, 0.5) is 13.2 Å². The van der Waals surface area contributed by atoms with E-state index < -0.39 is 12.2 Å². The summed E-state index contributed by atoms with van der Waals surface area (Å²) in [5.41, 5.74) is 4.98. The lowest BCUT2D eigenvalue weighted by Crippen LogP contribution is -2.29. The zero-order valence-corrected chi connectivity index (χ0v) is 10.7. The largest absolute Gasteiger partial charge is 0.493 e. The lowest BCUT2D eigenvalue weighted by molar-refractivity contribution is -0.149. The van der Waals surface area contributed by atoms with Crippen LogP contribution in [0.3, 0.4) is 0 Å². The topological polar surface area (TPSA) is 44.5 Å². The first-order chi connectivity index (χ1) is 7.81. The summed E-state index contributed by atoms with van der Waals surface area (Å²) >= 11 is 3.09. The Bertz CT molecular complexity index is 409. The molecule has 1 atom stereocenters. The molecule has 0 aromatic heterocycles. The minimum absolute atomic E-state index is 0.0134. The minimum atomic E-state index is -4.54. The Kier molecular flexibility index (Phi) is 4.26. The average Bonchev–Trinajstić information content (AvgIpc) is 2.25. The van der Waals surface area contributed by atoms with Crippen molar-refractivity contribution in [1.82, 2.24) is 0 Å². The van der Waals surface area contributed by atoms with Crippen LogP contribution < -0.4 is 15.2 Å². The molecule has 0 amide bonds. The van der Waals surface area contributed by atoms with Crippen molar-refractivity contribution >= 4 is 15.9 Å². The van der Waals surface area contributed by atoms with Gasteiger partial charge in [0.05, 0.1) is 14.2 Å². The van der Waals surface area contributed by atoms with Gasteiger partial charge in [0.15, 0.2) is 11.5 Å². The summed E-state index contributed by atoms with van der Waals surface area (Å²) in [4.78, 5) is 0. The Morgan fingerprint density at radius 1 is 1.24 bits per heavy atom. The molecule has 0 saturated heterocycles. The lowest BCUT2D eigenvalue weighted by atomic mass is 10.1. The molecule has 0 bridgehead atoms. The van der Waals surface area contributed by atoms with Gasteiger partial charge in [-0.15, -0.1) is 0 Å². The molecular formula is C10H11BrF3NO2. The van der Waals surface area contributed by atoms with E-state index in [1.807, 2.05) is 0 Å². The van der Waals surface area contributed by atoms with Gasteiger partial charge in [0.25, 0.3) is 0 Å². The highest BCUT2D eigenvalue weighted by Crippen LogP contribution is 2.42. The maximum Gasteiger partial charge on any atom is 0.407 e. The molecule has 3 nitrogen and oxygen atoms in total. The van der Waals surface area contributed by atoms with E-state index in [0.29, 0.717) is 4.47 Å². The van der Waals surface area contributed by atoms with Gasteiger partial charge in [0, 0.05) is 10.0 Å². The number of halogens is 4. The van der Waals surface area contributed by atoms with Crippen LogP contribution in [-0.4, -0.2) is 20.4 Å². The second-order valence-corrected chi connectivity index (χ2v) is 4.17. The Balaban J connectivity index is 3.36. The van der Waals surface area contributed by atoms with Crippen LogP contribution in [0, 0.1) is 0 Å². The molecule has 96 valence electrons. The van der Waals surface area contributed by atoms with E-state index in [0.717, 1.165) is 0 Å². The van der Waals surface area contributed by atoms with Crippen molar-refractivity contribution in [1.29, 1.82) is 0 Å². The Labute approximate surface area is 105 Å². The highest BCUT2D eigenvalue weighted by Gasteiger charge is 2.40. The maximum atomic E-state index is 12.6. The van der Waals surface area contributed by atoms with Crippen LogP contribution >= 0.6 is 15.9 Å². The summed E-state index contributed by atoms with van der Waals surface area (Å²) in [6, 6.07) is 0.647. The Hall–Kier alpha value is -0.950.